The number of fused-ring (bicyclic) bond motifs is 2. The number of alkyl halides is 3. The summed E-state index contributed by atoms with van der Waals surface area (Å²) in [5.74, 6) is -2.20. The molecule has 2 aromatic carbocycles. The highest BCUT2D eigenvalue weighted by molar-refractivity contribution is 6.12. The Labute approximate surface area is 156 Å². The normalized spacial score (nSPS) is 16.0. The summed E-state index contributed by atoms with van der Waals surface area (Å²) in [6, 6.07) is 5.57. The van der Waals surface area contributed by atoms with Crippen LogP contribution in [0.4, 0.5) is 22.0 Å². The third-order valence-corrected chi connectivity index (χ3v) is 4.46. The largest absolute Gasteiger partial charge is 0.416 e. The van der Waals surface area contributed by atoms with Gasteiger partial charge in [-0.05, 0) is 50.1 Å². The number of hydrogen-bond acceptors (Lipinski definition) is 4. The van der Waals surface area contributed by atoms with E-state index in [-0.39, 0.29) is 22.6 Å². The van der Waals surface area contributed by atoms with Gasteiger partial charge in [-0.2, -0.15) is 13.2 Å². The van der Waals surface area contributed by atoms with Crippen molar-refractivity contribution >= 4 is 16.7 Å². The maximum Gasteiger partial charge on any atom is 0.416 e. The Morgan fingerprint density at radius 2 is 1.75 bits per heavy atom. The molecule has 0 radical (unpaired) electrons. The third kappa shape index (κ3) is 3.10. The van der Waals surface area contributed by atoms with Crippen LogP contribution in [0.15, 0.2) is 35.3 Å². The quantitative estimate of drug-likeness (QED) is 0.574. The smallest absolute Gasteiger partial charge is 0.274 e. The van der Waals surface area contributed by atoms with Crippen LogP contribution in [0.5, 0.6) is 0 Å². The summed E-state index contributed by atoms with van der Waals surface area (Å²) in [6.45, 7) is 3.56. The fourth-order valence-electron chi connectivity index (χ4n) is 3.24. The predicted octanol–water partition coefficient (Wildman–Crippen LogP) is 4.49. The molecular weight excluding hydrogens is 379 g/mol. The van der Waals surface area contributed by atoms with E-state index in [1.807, 2.05) is 0 Å². The second-order valence-corrected chi connectivity index (χ2v) is 7.18. The SMILES string of the molecule is CC1(C)Cc2cc(C(F)(F)F)ccc2C(c2nnc3c(F)c(F)ccc3n2)=N1. The van der Waals surface area contributed by atoms with Gasteiger partial charge in [0.1, 0.15) is 5.71 Å². The highest BCUT2D eigenvalue weighted by Gasteiger charge is 2.34. The molecule has 0 saturated carbocycles. The Balaban J connectivity index is 1.89. The molecule has 0 amide bonds. The van der Waals surface area contributed by atoms with E-state index in [2.05, 4.69) is 20.2 Å². The third-order valence-electron chi connectivity index (χ3n) is 4.46. The van der Waals surface area contributed by atoms with Crippen LogP contribution in [0, 0.1) is 11.6 Å². The molecule has 0 aliphatic carbocycles. The van der Waals surface area contributed by atoms with Crippen LogP contribution in [0.3, 0.4) is 0 Å². The molecule has 0 fully saturated rings. The number of halogens is 5. The lowest BCUT2D eigenvalue weighted by Crippen LogP contribution is -2.30. The molecule has 0 N–H and O–H groups in total. The van der Waals surface area contributed by atoms with Crippen LogP contribution in [-0.4, -0.2) is 26.4 Å². The lowest BCUT2D eigenvalue weighted by atomic mass is 9.85. The van der Waals surface area contributed by atoms with Gasteiger partial charge in [0, 0.05) is 5.56 Å². The zero-order chi connectivity index (χ0) is 20.3. The van der Waals surface area contributed by atoms with Crippen molar-refractivity contribution in [3.63, 3.8) is 0 Å². The molecule has 0 spiro atoms. The van der Waals surface area contributed by atoms with E-state index in [1.54, 1.807) is 13.8 Å². The van der Waals surface area contributed by atoms with Crippen LogP contribution in [0.2, 0.25) is 0 Å². The van der Waals surface area contributed by atoms with Gasteiger partial charge in [0.2, 0.25) is 5.82 Å². The molecule has 4 rings (SSSR count). The lowest BCUT2D eigenvalue weighted by molar-refractivity contribution is -0.137. The highest BCUT2D eigenvalue weighted by Crippen LogP contribution is 2.35. The number of nitrogens with zero attached hydrogens (tertiary/aromatic N) is 4. The number of aromatic nitrogens is 3. The fourth-order valence-corrected chi connectivity index (χ4v) is 3.24. The first kappa shape index (κ1) is 18.4. The maximum atomic E-state index is 13.8. The Morgan fingerprint density at radius 3 is 2.46 bits per heavy atom. The molecule has 3 aromatic rings. The zero-order valence-electron chi connectivity index (χ0n) is 14.8. The average molecular weight is 392 g/mol. The number of hydrogen-bond donors (Lipinski definition) is 0. The van der Waals surface area contributed by atoms with Crippen molar-refractivity contribution in [1.82, 2.24) is 15.2 Å². The number of aliphatic imine (C=N–C) groups is 1. The van der Waals surface area contributed by atoms with Crippen LogP contribution < -0.4 is 0 Å². The molecule has 28 heavy (non-hydrogen) atoms. The molecule has 1 aromatic heterocycles. The number of rotatable bonds is 1. The van der Waals surface area contributed by atoms with Crippen molar-refractivity contribution in [1.29, 1.82) is 0 Å². The Hall–Kier alpha value is -2.97. The summed E-state index contributed by atoms with van der Waals surface area (Å²) < 4.78 is 66.4. The molecule has 2 heterocycles. The topological polar surface area (TPSA) is 51.0 Å². The van der Waals surface area contributed by atoms with Crippen molar-refractivity contribution in [2.45, 2.75) is 32.0 Å². The van der Waals surface area contributed by atoms with Crippen LogP contribution in [0.25, 0.3) is 11.0 Å². The minimum absolute atomic E-state index is 0.0345. The van der Waals surface area contributed by atoms with E-state index in [0.717, 1.165) is 18.2 Å². The van der Waals surface area contributed by atoms with Crippen molar-refractivity contribution in [3.8, 4) is 0 Å². The Kier molecular flexibility index (Phi) is 3.95. The van der Waals surface area contributed by atoms with Gasteiger partial charge in [0.25, 0.3) is 0 Å². The molecule has 0 bridgehead atoms. The molecule has 1 aliphatic rings. The van der Waals surface area contributed by atoms with Crippen molar-refractivity contribution in [3.05, 3.63) is 64.5 Å². The fraction of sp³-hybridized carbons (Fsp3) is 0.263. The standard InChI is InChI=1S/C19H13F5N4/c1-18(2)8-9-7-10(19(22,23)24)3-4-11(9)15(26-18)17-25-13-6-5-12(20)14(21)16(13)27-28-17/h3-7H,8H2,1-2H3. The van der Waals surface area contributed by atoms with E-state index in [9.17, 15) is 22.0 Å². The molecule has 1 aliphatic heterocycles. The predicted molar refractivity (Wildman–Crippen MR) is 92.1 cm³/mol. The summed E-state index contributed by atoms with van der Waals surface area (Å²) in [6.07, 6.45) is -4.16. The van der Waals surface area contributed by atoms with Crippen molar-refractivity contribution in [2.75, 3.05) is 0 Å². The van der Waals surface area contributed by atoms with Gasteiger partial charge >= 0.3 is 6.18 Å². The molecular formula is C19H13F5N4. The van der Waals surface area contributed by atoms with Crippen molar-refractivity contribution < 1.29 is 22.0 Å². The summed E-state index contributed by atoms with van der Waals surface area (Å²) in [7, 11) is 0. The van der Waals surface area contributed by atoms with Gasteiger partial charge in [-0.1, -0.05) is 6.07 Å². The first-order chi connectivity index (χ1) is 13.0. The van der Waals surface area contributed by atoms with Crippen LogP contribution in [0.1, 0.15) is 36.4 Å². The van der Waals surface area contributed by atoms with Gasteiger partial charge in [0.15, 0.2) is 17.2 Å². The molecule has 0 saturated heterocycles. The van der Waals surface area contributed by atoms with Gasteiger partial charge in [-0.15, -0.1) is 10.2 Å². The Morgan fingerprint density at radius 1 is 1.00 bits per heavy atom. The summed E-state index contributed by atoms with van der Waals surface area (Å²) >= 11 is 0. The van der Waals surface area contributed by atoms with E-state index in [0.29, 0.717) is 17.5 Å². The summed E-state index contributed by atoms with van der Waals surface area (Å²) in [5, 5.41) is 7.55. The minimum Gasteiger partial charge on any atom is -0.274 e. The molecule has 4 nitrogen and oxygen atoms in total. The number of benzene rings is 2. The van der Waals surface area contributed by atoms with Gasteiger partial charge in [0.05, 0.1) is 16.6 Å². The van der Waals surface area contributed by atoms with E-state index >= 15 is 0 Å². The van der Waals surface area contributed by atoms with E-state index < -0.39 is 28.9 Å². The lowest BCUT2D eigenvalue weighted by Gasteiger charge is -2.29. The Bertz CT molecular complexity index is 1140. The second kappa shape index (κ2) is 6.02. The summed E-state index contributed by atoms with van der Waals surface area (Å²) in [5.41, 5.74) is -0.526. The minimum atomic E-state index is -4.46. The maximum absolute atomic E-state index is 13.8. The monoisotopic (exact) mass is 392 g/mol. The average Bonchev–Trinajstić information content (AvgIpc) is 2.62. The van der Waals surface area contributed by atoms with Crippen LogP contribution in [-0.2, 0) is 12.6 Å². The van der Waals surface area contributed by atoms with Gasteiger partial charge < -0.3 is 0 Å². The van der Waals surface area contributed by atoms with Gasteiger partial charge in [-0.25, -0.2) is 13.8 Å². The molecule has 0 unspecified atom stereocenters. The van der Waals surface area contributed by atoms with Gasteiger partial charge in [-0.3, -0.25) is 4.99 Å². The van der Waals surface area contributed by atoms with E-state index in [4.69, 9.17) is 0 Å². The first-order valence-electron chi connectivity index (χ1n) is 8.34. The molecule has 144 valence electrons. The van der Waals surface area contributed by atoms with Crippen molar-refractivity contribution in [2.24, 2.45) is 4.99 Å². The summed E-state index contributed by atoms with van der Waals surface area (Å²) in [4.78, 5) is 8.77. The first-order valence-corrected chi connectivity index (χ1v) is 8.34. The van der Waals surface area contributed by atoms with E-state index in [1.165, 1.54) is 12.1 Å². The highest BCUT2D eigenvalue weighted by atomic mass is 19.4. The molecule has 0 atom stereocenters. The zero-order valence-corrected chi connectivity index (χ0v) is 14.8. The molecule has 9 heteroatoms. The second-order valence-electron chi connectivity index (χ2n) is 7.18. The van der Waals surface area contributed by atoms with Crippen LogP contribution >= 0.6 is 0 Å².